The molecular formula is C14H12ClNO2. The van der Waals surface area contributed by atoms with E-state index in [-0.39, 0.29) is 5.78 Å². The third-order valence-corrected chi connectivity index (χ3v) is 2.98. The highest BCUT2D eigenvalue weighted by Gasteiger charge is 2.16. The van der Waals surface area contributed by atoms with Gasteiger partial charge in [-0.2, -0.15) is 0 Å². The number of rotatable bonds is 3. The van der Waals surface area contributed by atoms with Crippen LogP contribution in [-0.4, -0.2) is 12.9 Å². The van der Waals surface area contributed by atoms with Gasteiger partial charge in [0.25, 0.3) is 0 Å². The summed E-state index contributed by atoms with van der Waals surface area (Å²) < 4.78 is 5.09. The van der Waals surface area contributed by atoms with Gasteiger partial charge in [-0.25, -0.2) is 0 Å². The van der Waals surface area contributed by atoms with Crippen LogP contribution in [0.15, 0.2) is 42.5 Å². The number of nitrogens with two attached hydrogens (primary N) is 1. The van der Waals surface area contributed by atoms with Gasteiger partial charge in [-0.1, -0.05) is 29.8 Å². The Morgan fingerprint density at radius 1 is 1.11 bits per heavy atom. The minimum absolute atomic E-state index is 0.211. The molecule has 0 aliphatic carbocycles. The summed E-state index contributed by atoms with van der Waals surface area (Å²) in [5.74, 6) is 0.268. The third-order valence-electron chi connectivity index (χ3n) is 2.65. The van der Waals surface area contributed by atoms with Gasteiger partial charge in [0.15, 0.2) is 5.78 Å². The van der Waals surface area contributed by atoms with Crippen LogP contribution in [0.4, 0.5) is 5.69 Å². The topological polar surface area (TPSA) is 52.3 Å². The zero-order valence-corrected chi connectivity index (χ0v) is 10.6. The molecule has 0 saturated carbocycles. The number of carbonyl (C=O) groups is 1. The number of hydrogen-bond acceptors (Lipinski definition) is 3. The number of anilines is 1. The molecule has 18 heavy (non-hydrogen) atoms. The maximum Gasteiger partial charge on any atom is 0.196 e. The molecule has 92 valence electrons. The summed E-state index contributed by atoms with van der Waals surface area (Å²) in [6, 6.07) is 12.0. The smallest absolute Gasteiger partial charge is 0.196 e. The molecule has 0 aromatic heterocycles. The number of benzene rings is 2. The minimum atomic E-state index is -0.211. The summed E-state index contributed by atoms with van der Waals surface area (Å²) in [6.07, 6.45) is 0. The standard InChI is InChI=1S/C14H12ClNO2/c1-18-12-8-4-6-10(13(12)16)14(17)9-5-2-3-7-11(9)15/h2-8H,16H2,1H3. The van der Waals surface area contributed by atoms with E-state index in [0.717, 1.165) is 0 Å². The van der Waals surface area contributed by atoms with Crippen molar-refractivity contribution in [1.29, 1.82) is 0 Å². The number of methoxy groups -OCH3 is 1. The molecule has 0 atom stereocenters. The number of ketones is 1. The molecule has 0 saturated heterocycles. The average molecular weight is 262 g/mol. The van der Waals surface area contributed by atoms with Crippen LogP contribution in [0.1, 0.15) is 15.9 Å². The van der Waals surface area contributed by atoms with E-state index in [2.05, 4.69) is 0 Å². The molecule has 0 spiro atoms. The predicted octanol–water partition coefficient (Wildman–Crippen LogP) is 3.16. The quantitative estimate of drug-likeness (QED) is 0.682. The first-order valence-corrected chi connectivity index (χ1v) is 5.74. The molecule has 0 heterocycles. The Bertz CT molecular complexity index is 596. The Hall–Kier alpha value is -2.00. The van der Waals surface area contributed by atoms with E-state index in [9.17, 15) is 4.79 Å². The number of para-hydroxylation sites is 1. The largest absolute Gasteiger partial charge is 0.495 e. The van der Waals surface area contributed by atoms with E-state index in [1.807, 2.05) is 0 Å². The van der Waals surface area contributed by atoms with Gasteiger partial charge in [0, 0.05) is 11.1 Å². The van der Waals surface area contributed by atoms with Crippen LogP contribution in [-0.2, 0) is 0 Å². The van der Waals surface area contributed by atoms with Gasteiger partial charge in [-0.15, -0.1) is 0 Å². The Kier molecular flexibility index (Phi) is 3.53. The van der Waals surface area contributed by atoms with Crippen molar-refractivity contribution in [2.75, 3.05) is 12.8 Å². The van der Waals surface area contributed by atoms with Crippen molar-refractivity contribution in [3.8, 4) is 5.75 Å². The van der Waals surface area contributed by atoms with E-state index >= 15 is 0 Å². The van der Waals surface area contributed by atoms with Crippen LogP contribution in [0.3, 0.4) is 0 Å². The summed E-state index contributed by atoms with van der Waals surface area (Å²) in [5.41, 5.74) is 7.04. The lowest BCUT2D eigenvalue weighted by Crippen LogP contribution is -2.07. The molecule has 3 nitrogen and oxygen atoms in total. The van der Waals surface area contributed by atoms with E-state index in [1.54, 1.807) is 42.5 Å². The summed E-state index contributed by atoms with van der Waals surface area (Å²) in [4.78, 5) is 12.3. The van der Waals surface area contributed by atoms with E-state index in [1.165, 1.54) is 7.11 Å². The van der Waals surface area contributed by atoms with Crippen molar-refractivity contribution in [3.05, 3.63) is 58.6 Å². The van der Waals surface area contributed by atoms with Crippen LogP contribution in [0, 0.1) is 0 Å². The fourth-order valence-corrected chi connectivity index (χ4v) is 1.93. The number of carbonyl (C=O) groups excluding carboxylic acids is 1. The maximum atomic E-state index is 12.3. The van der Waals surface area contributed by atoms with Gasteiger partial charge in [0.2, 0.25) is 0 Å². The Balaban J connectivity index is 2.50. The Morgan fingerprint density at radius 2 is 1.78 bits per heavy atom. The fraction of sp³-hybridized carbons (Fsp3) is 0.0714. The van der Waals surface area contributed by atoms with Gasteiger partial charge < -0.3 is 10.5 Å². The highest BCUT2D eigenvalue weighted by Crippen LogP contribution is 2.28. The lowest BCUT2D eigenvalue weighted by Gasteiger charge is -2.09. The van der Waals surface area contributed by atoms with E-state index < -0.39 is 0 Å². The second-order valence-electron chi connectivity index (χ2n) is 3.73. The molecule has 0 radical (unpaired) electrons. The molecule has 0 amide bonds. The maximum absolute atomic E-state index is 12.3. The van der Waals surface area contributed by atoms with Crippen molar-refractivity contribution in [2.24, 2.45) is 0 Å². The second-order valence-corrected chi connectivity index (χ2v) is 4.14. The summed E-state index contributed by atoms with van der Waals surface area (Å²) in [6.45, 7) is 0. The Morgan fingerprint density at radius 3 is 2.44 bits per heavy atom. The molecule has 2 N–H and O–H groups in total. The van der Waals surface area contributed by atoms with Crippen molar-refractivity contribution in [3.63, 3.8) is 0 Å². The number of hydrogen-bond donors (Lipinski definition) is 1. The third kappa shape index (κ3) is 2.17. The molecule has 2 aromatic carbocycles. The first-order chi connectivity index (χ1) is 8.65. The van der Waals surface area contributed by atoms with Crippen LogP contribution >= 0.6 is 11.6 Å². The van der Waals surface area contributed by atoms with Crippen LogP contribution < -0.4 is 10.5 Å². The highest BCUT2D eigenvalue weighted by molar-refractivity contribution is 6.35. The van der Waals surface area contributed by atoms with Crippen molar-refractivity contribution in [1.82, 2.24) is 0 Å². The molecule has 0 bridgehead atoms. The fourth-order valence-electron chi connectivity index (χ4n) is 1.71. The second kappa shape index (κ2) is 5.10. The minimum Gasteiger partial charge on any atom is -0.495 e. The number of nitrogen functional groups attached to an aromatic ring is 1. The number of ether oxygens (including phenoxy) is 1. The molecule has 2 aromatic rings. The van der Waals surface area contributed by atoms with Gasteiger partial charge in [0.05, 0.1) is 17.8 Å². The monoisotopic (exact) mass is 261 g/mol. The Labute approximate surface area is 110 Å². The SMILES string of the molecule is COc1cccc(C(=O)c2ccccc2Cl)c1N. The highest BCUT2D eigenvalue weighted by atomic mass is 35.5. The molecule has 0 aliphatic rings. The van der Waals surface area contributed by atoms with Crippen LogP contribution in [0.5, 0.6) is 5.75 Å². The first-order valence-electron chi connectivity index (χ1n) is 5.37. The van der Waals surface area contributed by atoms with Crippen LogP contribution in [0.2, 0.25) is 5.02 Å². The molecule has 0 aliphatic heterocycles. The van der Waals surface area contributed by atoms with Crippen molar-refractivity contribution >= 4 is 23.1 Å². The van der Waals surface area contributed by atoms with E-state index in [0.29, 0.717) is 27.6 Å². The van der Waals surface area contributed by atoms with E-state index in [4.69, 9.17) is 22.1 Å². The molecule has 4 heteroatoms. The van der Waals surface area contributed by atoms with Gasteiger partial charge >= 0.3 is 0 Å². The summed E-state index contributed by atoms with van der Waals surface area (Å²) in [7, 11) is 1.51. The predicted molar refractivity (Wildman–Crippen MR) is 72.3 cm³/mol. The zero-order valence-electron chi connectivity index (χ0n) is 9.81. The zero-order chi connectivity index (χ0) is 13.1. The molecule has 0 fully saturated rings. The van der Waals surface area contributed by atoms with Crippen LogP contribution in [0.25, 0.3) is 0 Å². The lowest BCUT2D eigenvalue weighted by molar-refractivity contribution is 0.103. The van der Waals surface area contributed by atoms with Crippen molar-refractivity contribution < 1.29 is 9.53 Å². The summed E-state index contributed by atoms with van der Waals surface area (Å²) in [5, 5.41) is 0.407. The molecule has 0 unspecified atom stereocenters. The first kappa shape index (κ1) is 12.5. The lowest BCUT2D eigenvalue weighted by atomic mass is 10.0. The number of halogens is 1. The summed E-state index contributed by atoms with van der Waals surface area (Å²) >= 11 is 6.00. The molecular weight excluding hydrogens is 250 g/mol. The van der Waals surface area contributed by atoms with Gasteiger partial charge in [-0.3, -0.25) is 4.79 Å². The average Bonchev–Trinajstić information content (AvgIpc) is 2.39. The van der Waals surface area contributed by atoms with Gasteiger partial charge in [0.1, 0.15) is 5.75 Å². The van der Waals surface area contributed by atoms with Gasteiger partial charge in [-0.05, 0) is 24.3 Å². The normalized spacial score (nSPS) is 10.1. The molecule has 2 rings (SSSR count). The van der Waals surface area contributed by atoms with Crippen molar-refractivity contribution in [2.45, 2.75) is 0 Å².